The second kappa shape index (κ2) is 8.43. The summed E-state index contributed by atoms with van der Waals surface area (Å²) in [7, 11) is 0. The van der Waals surface area contributed by atoms with Crippen LogP contribution in [0.25, 0.3) is 6.08 Å². The normalized spacial score (nSPS) is 21.7. The van der Waals surface area contributed by atoms with Crippen molar-refractivity contribution in [2.24, 2.45) is 0 Å². The van der Waals surface area contributed by atoms with Crippen molar-refractivity contribution in [3.63, 3.8) is 0 Å². The van der Waals surface area contributed by atoms with Crippen LogP contribution in [0.4, 0.5) is 4.79 Å². The zero-order valence-corrected chi connectivity index (χ0v) is 16.0. The Kier molecular flexibility index (Phi) is 6.24. The molecule has 2 saturated heterocycles. The van der Waals surface area contributed by atoms with E-state index in [1.54, 1.807) is 24.3 Å². The first-order valence-corrected chi connectivity index (χ1v) is 9.62. The van der Waals surface area contributed by atoms with Gasteiger partial charge < -0.3 is 10.1 Å². The van der Waals surface area contributed by atoms with Crippen molar-refractivity contribution in [3.05, 3.63) is 38.7 Å². The summed E-state index contributed by atoms with van der Waals surface area (Å²) in [5.41, 5.74) is 0.605. The fourth-order valence-corrected chi connectivity index (χ4v) is 3.96. The van der Waals surface area contributed by atoms with E-state index >= 15 is 0 Å². The van der Waals surface area contributed by atoms with Crippen LogP contribution in [0.2, 0.25) is 10.0 Å². The number of thioether (sulfide) groups is 1. The first-order chi connectivity index (χ1) is 12.5. The largest absolute Gasteiger partial charge is 0.368 e. The summed E-state index contributed by atoms with van der Waals surface area (Å²) in [4.78, 5) is 37.8. The molecule has 3 rings (SSSR count). The van der Waals surface area contributed by atoms with Gasteiger partial charge in [-0.3, -0.25) is 19.3 Å². The number of rotatable bonds is 5. The predicted molar refractivity (Wildman–Crippen MR) is 101 cm³/mol. The molecule has 0 aliphatic carbocycles. The highest BCUT2D eigenvalue weighted by Gasteiger charge is 2.35. The molecular formula is C17H16Cl2N2O4S. The molecule has 2 aliphatic rings. The highest BCUT2D eigenvalue weighted by Crippen LogP contribution is 2.33. The van der Waals surface area contributed by atoms with E-state index in [-0.39, 0.29) is 29.1 Å². The number of nitrogens with one attached hydrogen (secondary N) is 1. The van der Waals surface area contributed by atoms with Crippen LogP contribution in [-0.2, 0) is 14.3 Å². The fourth-order valence-electron chi connectivity index (χ4n) is 2.64. The third-order valence-corrected chi connectivity index (χ3v) is 5.45. The summed E-state index contributed by atoms with van der Waals surface area (Å²) in [6.45, 7) is 0.875. The summed E-state index contributed by atoms with van der Waals surface area (Å²) in [5.74, 6) is -0.615. The monoisotopic (exact) mass is 414 g/mol. The Morgan fingerprint density at radius 2 is 2.19 bits per heavy atom. The van der Waals surface area contributed by atoms with Gasteiger partial charge in [-0.15, -0.1) is 0 Å². The second-order valence-corrected chi connectivity index (χ2v) is 7.63. The number of carbonyl (C=O) groups excluding carboxylic acids is 3. The maximum atomic E-state index is 12.4. The summed E-state index contributed by atoms with van der Waals surface area (Å²) in [5, 5.41) is 3.21. The molecule has 9 heteroatoms. The maximum absolute atomic E-state index is 12.4. The minimum Gasteiger partial charge on any atom is -0.368 e. The van der Waals surface area contributed by atoms with Crippen LogP contribution in [0.1, 0.15) is 18.4 Å². The predicted octanol–water partition coefficient (Wildman–Crippen LogP) is 3.32. The van der Waals surface area contributed by atoms with Crippen LogP contribution >= 0.6 is 35.0 Å². The molecule has 2 heterocycles. The number of amides is 3. The van der Waals surface area contributed by atoms with Crippen LogP contribution in [0.3, 0.4) is 0 Å². The van der Waals surface area contributed by atoms with Gasteiger partial charge in [-0.2, -0.15) is 0 Å². The molecule has 0 spiro atoms. The Balaban J connectivity index is 1.59. The van der Waals surface area contributed by atoms with Crippen LogP contribution in [0.15, 0.2) is 23.1 Å². The average molecular weight is 415 g/mol. The SMILES string of the molecule is O=C(NCCN1C(=O)S/C(=C/c2ccc(Cl)cc2Cl)C1=O)[C@H]1CCCO1. The van der Waals surface area contributed by atoms with Crippen molar-refractivity contribution in [1.29, 1.82) is 0 Å². The van der Waals surface area contributed by atoms with Gasteiger partial charge in [-0.05, 0) is 48.4 Å². The maximum Gasteiger partial charge on any atom is 0.293 e. The van der Waals surface area contributed by atoms with Gasteiger partial charge in [-0.25, -0.2) is 0 Å². The highest BCUT2D eigenvalue weighted by molar-refractivity contribution is 8.18. The molecule has 0 bridgehead atoms. The lowest BCUT2D eigenvalue weighted by Gasteiger charge is -2.14. The van der Waals surface area contributed by atoms with E-state index in [9.17, 15) is 14.4 Å². The summed E-state index contributed by atoms with van der Waals surface area (Å²) in [6.07, 6.45) is 2.68. The zero-order valence-electron chi connectivity index (χ0n) is 13.7. The molecule has 3 amide bonds. The molecule has 2 fully saturated rings. The Labute approximate surface area is 164 Å². The minimum absolute atomic E-state index is 0.106. The number of halogens is 2. The molecule has 0 unspecified atom stereocenters. The number of carbonyl (C=O) groups is 3. The van der Waals surface area contributed by atoms with Crippen LogP contribution in [0.5, 0.6) is 0 Å². The lowest BCUT2D eigenvalue weighted by molar-refractivity contribution is -0.130. The van der Waals surface area contributed by atoms with E-state index in [0.29, 0.717) is 28.6 Å². The summed E-state index contributed by atoms with van der Waals surface area (Å²) in [6, 6.07) is 4.91. The zero-order chi connectivity index (χ0) is 18.7. The Bertz CT molecular complexity index is 778. The van der Waals surface area contributed by atoms with E-state index in [1.165, 1.54) is 0 Å². The average Bonchev–Trinajstić information content (AvgIpc) is 3.21. The van der Waals surface area contributed by atoms with Crippen LogP contribution in [-0.4, -0.2) is 47.8 Å². The third kappa shape index (κ3) is 4.40. The standard InChI is InChI=1S/C17H16Cl2N2O4S/c18-11-4-3-10(12(19)9-11)8-14-16(23)21(17(24)26-14)6-5-20-15(22)13-2-1-7-25-13/h3-4,8-9,13H,1-2,5-7H2,(H,20,22)/b14-8+/t13-/m1/s1. The van der Waals surface area contributed by atoms with Crippen LogP contribution in [0, 0.1) is 0 Å². The van der Waals surface area contributed by atoms with Crippen molar-refractivity contribution < 1.29 is 19.1 Å². The van der Waals surface area contributed by atoms with Gasteiger partial charge >= 0.3 is 0 Å². The van der Waals surface area contributed by atoms with Crippen molar-refractivity contribution >= 4 is 58.1 Å². The Morgan fingerprint density at radius 1 is 1.38 bits per heavy atom. The van der Waals surface area contributed by atoms with Crippen molar-refractivity contribution in [2.45, 2.75) is 18.9 Å². The van der Waals surface area contributed by atoms with Crippen LogP contribution < -0.4 is 5.32 Å². The summed E-state index contributed by atoms with van der Waals surface area (Å²) < 4.78 is 5.29. The molecule has 1 N–H and O–H groups in total. The van der Waals surface area contributed by atoms with Gasteiger partial charge in [0.2, 0.25) is 5.91 Å². The van der Waals surface area contributed by atoms with Gasteiger partial charge in [-0.1, -0.05) is 29.3 Å². The van der Waals surface area contributed by atoms with Gasteiger partial charge in [0.05, 0.1) is 4.91 Å². The number of imide groups is 1. The topological polar surface area (TPSA) is 75.7 Å². The molecule has 1 aromatic carbocycles. The Morgan fingerprint density at radius 3 is 2.88 bits per heavy atom. The van der Waals surface area contributed by atoms with E-state index in [1.807, 2.05) is 0 Å². The summed E-state index contributed by atoms with van der Waals surface area (Å²) >= 11 is 12.8. The van der Waals surface area contributed by atoms with E-state index in [0.717, 1.165) is 23.1 Å². The molecule has 2 aliphatic heterocycles. The van der Waals surface area contributed by atoms with Crippen molar-refractivity contribution in [1.82, 2.24) is 10.2 Å². The molecule has 6 nitrogen and oxygen atoms in total. The molecule has 26 heavy (non-hydrogen) atoms. The quantitative estimate of drug-likeness (QED) is 0.747. The number of benzene rings is 1. The Hall–Kier alpha value is -1.54. The van der Waals surface area contributed by atoms with Gasteiger partial charge in [0.15, 0.2) is 0 Å². The molecule has 1 aromatic rings. The number of nitrogens with zero attached hydrogens (tertiary/aromatic N) is 1. The molecule has 1 atom stereocenters. The first-order valence-electron chi connectivity index (χ1n) is 8.05. The fraction of sp³-hybridized carbons (Fsp3) is 0.353. The lowest BCUT2D eigenvalue weighted by atomic mass is 10.2. The minimum atomic E-state index is -0.433. The smallest absolute Gasteiger partial charge is 0.293 e. The first kappa shape index (κ1) is 19.2. The number of hydrogen-bond acceptors (Lipinski definition) is 5. The van der Waals surface area contributed by atoms with E-state index in [4.69, 9.17) is 27.9 Å². The third-order valence-electron chi connectivity index (χ3n) is 3.98. The second-order valence-electron chi connectivity index (χ2n) is 5.79. The number of hydrogen-bond donors (Lipinski definition) is 1. The molecule has 0 radical (unpaired) electrons. The van der Waals surface area contributed by atoms with Gasteiger partial charge in [0.1, 0.15) is 6.10 Å². The highest BCUT2D eigenvalue weighted by atomic mass is 35.5. The van der Waals surface area contributed by atoms with Crippen molar-refractivity contribution in [3.8, 4) is 0 Å². The molecular weight excluding hydrogens is 399 g/mol. The lowest BCUT2D eigenvalue weighted by Crippen LogP contribution is -2.40. The van der Waals surface area contributed by atoms with Gasteiger partial charge in [0, 0.05) is 29.7 Å². The van der Waals surface area contributed by atoms with Gasteiger partial charge in [0.25, 0.3) is 11.1 Å². The van der Waals surface area contributed by atoms with E-state index in [2.05, 4.69) is 5.32 Å². The van der Waals surface area contributed by atoms with E-state index < -0.39 is 12.0 Å². The number of ether oxygens (including phenoxy) is 1. The molecule has 138 valence electrons. The molecule has 0 saturated carbocycles. The molecule has 0 aromatic heterocycles. The van der Waals surface area contributed by atoms with Crippen molar-refractivity contribution in [2.75, 3.05) is 19.7 Å².